The highest BCUT2D eigenvalue weighted by Crippen LogP contribution is 2.48. The largest absolute Gasteiger partial charge is 0.477 e. The molecule has 1 heterocycles. The molecule has 0 saturated heterocycles. The van der Waals surface area contributed by atoms with Crippen LogP contribution in [0.5, 0.6) is 0 Å². The molecule has 1 aliphatic carbocycles. The van der Waals surface area contributed by atoms with E-state index in [-0.39, 0.29) is 17.0 Å². The number of aromatic carboxylic acids is 1. The first-order valence-corrected chi connectivity index (χ1v) is 7.55. The van der Waals surface area contributed by atoms with E-state index in [2.05, 4.69) is 29.4 Å². The van der Waals surface area contributed by atoms with Crippen molar-refractivity contribution < 1.29 is 14.7 Å². The van der Waals surface area contributed by atoms with Crippen molar-refractivity contribution in [2.24, 2.45) is 0 Å². The Hall–Kier alpha value is -2.69. The third-order valence-corrected chi connectivity index (χ3v) is 4.40. The van der Waals surface area contributed by atoms with Crippen LogP contribution in [-0.2, 0) is 5.41 Å². The summed E-state index contributed by atoms with van der Waals surface area (Å²) in [6.45, 7) is 2.67. The number of carboxylic acid groups (broad SMARTS) is 1. The zero-order valence-electron chi connectivity index (χ0n) is 12.9. The Labute approximate surface area is 134 Å². The molecule has 1 amide bonds. The highest BCUT2D eigenvalue weighted by Gasteiger charge is 2.45. The maximum Gasteiger partial charge on any atom is 0.354 e. The lowest BCUT2D eigenvalue weighted by Crippen LogP contribution is -2.32. The molecular formula is C18H18N2O3. The Morgan fingerprint density at radius 3 is 2.52 bits per heavy atom. The first kappa shape index (κ1) is 15.2. The van der Waals surface area contributed by atoms with Crippen LogP contribution in [0.2, 0.25) is 0 Å². The molecule has 0 aliphatic heterocycles. The van der Waals surface area contributed by atoms with Crippen LogP contribution in [0.4, 0.5) is 0 Å². The van der Waals surface area contributed by atoms with Gasteiger partial charge in [0, 0.05) is 18.2 Å². The standard InChI is InChI=1S/C18H18N2O3/c1-12-4-2-3-5-14(12)18(8-9-18)11-20-16(21)13-6-7-15(17(22)23)19-10-13/h2-7,10H,8-9,11H2,1H3,(H,20,21)(H,22,23). The van der Waals surface area contributed by atoms with Gasteiger partial charge in [0.2, 0.25) is 0 Å². The van der Waals surface area contributed by atoms with E-state index in [1.807, 2.05) is 12.1 Å². The van der Waals surface area contributed by atoms with Crippen molar-refractivity contribution in [3.05, 3.63) is 65.0 Å². The van der Waals surface area contributed by atoms with Crippen LogP contribution in [0, 0.1) is 6.92 Å². The maximum absolute atomic E-state index is 12.2. The van der Waals surface area contributed by atoms with Crippen molar-refractivity contribution in [2.45, 2.75) is 25.2 Å². The normalized spacial score (nSPS) is 15.0. The number of carbonyl (C=O) groups excluding carboxylic acids is 1. The molecule has 1 aromatic carbocycles. The average molecular weight is 310 g/mol. The fourth-order valence-electron chi connectivity index (χ4n) is 2.87. The maximum atomic E-state index is 12.2. The molecule has 0 spiro atoms. The Kier molecular flexibility index (Phi) is 3.86. The number of hydrogen-bond donors (Lipinski definition) is 2. The Balaban J connectivity index is 1.67. The predicted octanol–water partition coefficient (Wildman–Crippen LogP) is 2.55. The van der Waals surface area contributed by atoms with E-state index in [1.54, 1.807) is 0 Å². The molecule has 2 N–H and O–H groups in total. The summed E-state index contributed by atoms with van der Waals surface area (Å²) in [5.74, 6) is -1.33. The van der Waals surface area contributed by atoms with Gasteiger partial charge in [-0.05, 0) is 43.0 Å². The minimum atomic E-state index is -1.10. The molecule has 23 heavy (non-hydrogen) atoms. The molecule has 1 fully saturated rings. The van der Waals surface area contributed by atoms with Crippen molar-refractivity contribution in [3.63, 3.8) is 0 Å². The molecular weight excluding hydrogens is 292 g/mol. The molecule has 1 aliphatic rings. The summed E-state index contributed by atoms with van der Waals surface area (Å²) >= 11 is 0. The average Bonchev–Trinajstić information content (AvgIpc) is 3.34. The molecule has 5 nitrogen and oxygen atoms in total. The molecule has 0 radical (unpaired) electrons. The van der Waals surface area contributed by atoms with Crippen molar-refractivity contribution in [2.75, 3.05) is 6.54 Å². The van der Waals surface area contributed by atoms with E-state index >= 15 is 0 Å². The lowest BCUT2D eigenvalue weighted by Gasteiger charge is -2.19. The smallest absolute Gasteiger partial charge is 0.354 e. The van der Waals surface area contributed by atoms with E-state index in [0.717, 1.165) is 12.8 Å². The van der Waals surface area contributed by atoms with Gasteiger partial charge in [-0.2, -0.15) is 0 Å². The minimum absolute atomic E-state index is 0.0371. The highest BCUT2D eigenvalue weighted by molar-refractivity contribution is 5.94. The third-order valence-electron chi connectivity index (χ3n) is 4.40. The Morgan fingerprint density at radius 2 is 1.96 bits per heavy atom. The van der Waals surface area contributed by atoms with Crippen molar-refractivity contribution in [1.29, 1.82) is 0 Å². The van der Waals surface area contributed by atoms with E-state index in [9.17, 15) is 9.59 Å². The Bertz CT molecular complexity index is 749. The number of carboxylic acids is 1. The monoisotopic (exact) mass is 310 g/mol. The van der Waals surface area contributed by atoms with Crippen LogP contribution in [0.25, 0.3) is 0 Å². The van der Waals surface area contributed by atoms with Gasteiger partial charge in [0.25, 0.3) is 5.91 Å². The van der Waals surface area contributed by atoms with Gasteiger partial charge in [-0.25, -0.2) is 9.78 Å². The first-order chi connectivity index (χ1) is 11.0. The van der Waals surface area contributed by atoms with Gasteiger partial charge in [-0.1, -0.05) is 24.3 Å². The molecule has 3 rings (SSSR count). The second-order valence-corrected chi connectivity index (χ2v) is 6.02. The number of benzene rings is 1. The van der Waals surface area contributed by atoms with Crippen molar-refractivity contribution in [3.8, 4) is 0 Å². The number of aryl methyl sites for hydroxylation is 1. The number of rotatable bonds is 5. The van der Waals surface area contributed by atoms with Gasteiger partial charge in [0.15, 0.2) is 0 Å². The molecule has 5 heteroatoms. The molecule has 1 aromatic heterocycles. The summed E-state index contributed by atoms with van der Waals surface area (Å²) in [5.41, 5.74) is 2.87. The minimum Gasteiger partial charge on any atom is -0.477 e. The van der Waals surface area contributed by atoms with E-state index < -0.39 is 5.97 Å². The van der Waals surface area contributed by atoms with Crippen LogP contribution in [0.3, 0.4) is 0 Å². The van der Waals surface area contributed by atoms with Crippen molar-refractivity contribution >= 4 is 11.9 Å². The summed E-state index contributed by atoms with van der Waals surface area (Å²) in [7, 11) is 0. The number of hydrogen-bond acceptors (Lipinski definition) is 3. The van der Waals surface area contributed by atoms with Crippen molar-refractivity contribution in [1.82, 2.24) is 10.3 Å². The molecule has 0 bridgehead atoms. The molecule has 0 unspecified atom stereocenters. The SMILES string of the molecule is Cc1ccccc1C1(CNC(=O)c2ccc(C(=O)O)nc2)CC1. The van der Waals surface area contributed by atoms with E-state index in [4.69, 9.17) is 5.11 Å². The molecule has 1 saturated carbocycles. The van der Waals surface area contributed by atoms with Crippen LogP contribution in [0.15, 0.2) is 42.6 Å². The zero-order valence-corrected chi connectivity index (χ0v) is 12.9. The van der Waals surface area contributed by atoms with Crippen LogP contribution in [0.1, 0.15) is 44.8 Å². The lowest BCUT2D eigenvalue weighted by molar-refractivity contribution is 0.0689. The van der Waals surface area contributed by atoms with Gasteiger partial charge < -0.3 is 10.4 Å². The quantitative estimate of drug-likeness (QED) is 0.889. The number of aromatic nitrogens is 1. The number of nitrogens with zero attached hydrogens (tertiary/aromatic N) is 1. The van der Waals surface area contributed by atoms with Gasteiger partial charge in [-0.15, -0.1) is 0 Å². The summed E-state index contributed by atoms with van der Waals surface area (Å²) < 4.78 is 0. The second kappa shape index (κ2) is 5.83. The first-order valence-electron chi connectivity index (χ1n) is 7.55. The fraction of sp³-hybridized carbons (Fsp3) is 0.278. The fourth-order valence-corrected chi connectivity index (χ4v) is 2.87. The summed E-state index contributed by atoms with van der Waals surface area (Å²) in [6.07, 6.45) is 3.43. The predicted molar refractivity (Wildman–Crippen MR) is 85.6 cm³/mol. The van der Waals surface area contributed by atoms with E-state index in [0.29, 0.717) is 12.1 Å². The van der Waals surface area contributed by atoms with Crippen LogP contribution < -0.4 is 5.32 Å². The number of nitrogens with one attached hydrogen (secondary N) is 1. The van der Waals surface area contributed by atoms with Gasteiger partial charge in [0.05, 0.1) is 5.56 Å². The van der Waals surface area contributed by atoms with Gasteiger partial charge in [-0.3, -0.25) is 4.79 Å². The Morgan fingerprint density at radius 1 is 1.22 bits per heavy atom. The molecule has 2 aromatic rings. The van der Waals surface area contributed by atoms with E-state index in [1.165, 1.54) is 29.5 Å². The summed E-state index contributed by atoms with van der Waals surface area (Å²) in [4.78, 5) is 26.8. The molecule has 0 atom stereocenters. The van der Waals surface area contributed by atoms with Crippen LogP contribution >= 0.6 is 0 Å². The lowest BCUT2D eigenvalue weighted by atomic mass is 9.92. The van der Waals surface area contributed by atoms with Gasteiger partial charge >= 0.3 is 5.97 Å². The second-order valence-electron chi connectivity index (χ2n) is 6.02. The summed E-state index contributed by atoms with van der Waals surface area (Å²) in [6, 6.07) is 11.1. The molecule has 118 valence electrons. The number of amides is 1. The topological polar surface area (TPSA) is 79.3 Å². The van der Waals surface area contributed by atoms with Gasteiger partial charge in [0.1, 0.15) is 5.69 Å². The third kappa shape index (κ3) is 3.08. The van der Waals surface area contributed by atoms with Crippen LogP contribution in [-0.4, -0.2) is 28.5 Å². The number of carbonyl (C=O) groups is 2. The zero-order chi connectivity index (χ0) is 16.4. The number of pyridine rings is 1. The highest BCUT2D eigenvalue weighted by atomic mass is 16.4. The summed E-state index contributed by atoms with van der Waals surface area (Å²) in [5, 5.41) is 11.8.